The summed E-state index contributed by atoms with van der Waals surface area (Å²) in [6.45, 7) is 5.73. The fourth-order valence-electron chi connectivity index (χ4n) is 4.29. The highest BCUT2D eigenvalue weighted by Crippen LogP contribution is 2.64. The molecule has 0 aromatic heterocycles. The highest BCUT2D eigenvalue weighted by Gasteiger charge is 2.65. The van der Waals surface area contributed by atoms with Crippen molar-refractivity contribution in [3.63, 3.8) is 0 Å². The first kappa shape index (κ1) is 39.8. The first-order valence-electron chi connectivity index (χ1n) is 11.1. The number of Topliss-reactive ketones (excluding diaryl/α,β-unsaturated/α-hetero) is 1. The van der Waals surface area contributed by atoms with Crippen LogP contribution < -0.4 is 0 Å². The smallest absolute Gasteiger partial charge is 0.480 e. The third kappa shape index (κ3) is 12.2. The Hall–Kier alpha value is -2.21. The Labute approximate surface area is 240 Å². The molecule has 2 aliphatic carbocycles. The Morgan fingerprint density at radius 1 is 0.905 bits per heavy atom. The third-order valence-electron chi connectivity index (χ3n) is 6.49. The lowest BCUT2D eigenvalue weighted by atomic mass is 9.70. The molecule has 0 amide bonds. The predicted octanol–water partition coefficient (Wildman–Crippen LogP) is 1.86. The van der Waals surface area contributed by atoms with Crippen molar-refractivity contribution in [1.82, 2.24) is 0 Å². The summed E-state index contributed by atoms with van der Waals surface area (Å²) in [6, 6.07) is 5.99. The zero-order valence-corrected chi connectivity index (χ0v) is 25.3. The molecule has 2 saturated carbocycles. The van der Waals surface area contributed by atoms with Crippen molar-refractivity contribution in [2.24, 2.45) is 16.7 Å². The molecule has 2 aliphatic rings. The van der Waals surface area contributed by atoms with E-state index in [4.69, 9.17) is 31.7 Å². The quantitative estimate of drug-likeness (QED) is 0.217. The summed E-state index contributed by atoms with van der Waals surface area (Å²) < 4.78 is 145. The largest absolute Gasteiger partial charge is 0.522 e. The number of fused-ring (bicyclic) bond motifs is 2. The normalized spacial score (nSPS) is 21.6. The number of hydrogen-bond donors (Lipinski definition) is 5. The summed E-state index contributed by atoms with van der Waals surface area (Å²) in [5.41, 5.74) is -5.70. The predicted molar refractivity (Wildman–Crippen MR) is 138 cm³/mol. The van der Waals surface area contributed by atoms with Gasteiger partial charge in [0, 0.05) is 6.42 Å². The van der Waals surface area contributed by atoms with Gasteiger partial charge in [-0.25, -0.2) is 0 Å². The Bertz CT molecular complexity index is 1560. The number of aryl methyl sites for hydroxylation is 1. The Morgan fingerprint density at radius 2 is 1.33 bits per heavy atom. The molecule has 22 heteroatoms. The van der Waals surface area contributed by atoms with Crippen LogP contribution in [0.1, 0.15) is 38.7 Å². The average Bonchev–Trinajstić information content (AvgIpc) is 3.04. The monoisotopic (exact) mass is 694 g/mol. The van der Waals surface area contributed by atoms with Gasteiger partial charge in [0.1, 0.15) is 5.78 Å². The Morgan fingerprint density at radius 3 is 1.55 bits per heavy atom. The van der Waals surface area contributed by atoms with Crippen LogP contribution in [0.2, 0.25) is 0 Å². The lowest BCUT2D eigenvalue weighted by molar-refractivity contribution is -0.134. The minimum atomic E-state index is -5.84. The van der Waals surface area contributed by atoms with Gasteiger partial charge in [-0.2, -0.15) is 46.8 Å². The minimum Gasteiger partial charge on any atom is -0.480 e. The molecule has 5 N–H and O–H groups in total. The molecule has 2 bridgehead atoms. The topological polar surface area (TPSA) is 272 Å². The number of rotatable bonds is 5. The van der Waals surface area contributed by atoms with Crippen molar-refractivity contribution in [2.75, 3.05) is 11.5 Å². The van der Waals surface area contributed by atoms with Gasteiger partial charge in [-0.1, -0.05) is 31.5 Å². The van der Waals surface area contributed by atoms with E-state index in [9.17, 15) is 48.0 Å². The summed E-state index contributed by atoms with van der Waals surface area (Å²) in [4.78, 5) is 21.3. The maximum Gasteiger partial charge on any atom is 0.522 e. The van der Waals surface area contributed by atoms with Crippen LogP contribution in [0.25, 0.3) is 0 Å². The minimum absolute atomic E-state index is 0.0152. The van der Waals surface area contributed by atoms with E-state index in [0.29, 0.717) is 12.8 Å². The van der Waals surface area contributed by atoms with E-state index < -0.39 is 68.9 Å². The van der Waals surface area contributed by atoms with E-state index in [1.54, 1.807) is 12.1 Å². The van der Waals surface area contributed by atoms with Gasteiger partial charge in [0.2, 0.25) is 0 Å². The first-order valence-corrected chi connectivity index (χ1v) is 17.2. The number of benzene rings is 1. The van der Waals surface area contributed by atoms with Crippen LogP contribution in [0.5, 0.6) is 0 Å². The highest BCUT2D eigenvalue weighted by atomic mass is 32.2. The van der Waals surface area contributed by atoms with Gasteiger partial charge < -0.3 is 5.11 Å². The van der Waals surface area contributed by atoms with Gasteiger partial charge in [-0.3, -0.25) is 27.8 Å². The molecule has 244 valence electrons. The van der Waals surface area contributed by atoms with Gasteiger partial charge in [0.25, 0.3) is 30.4 Å². The zero-order chi connectivity index (χ0) is 33.8. The van der Waals surface area contributed by atoms with E-state index in [0.717, 1.165) is 12.0 Å². The summed E-state index contributed by atoms with van der Waals surface area (Å²) in [5, 5.41) is 7.71. The second-order valence-electron chi connectivity index (χ2n) is 9.72. The maximum absolute atomic E-state index is 11.9. The molecule has 2 fully saturated rings. The number of carboxylic acid groups (broad SMARTS) is 1. The lowest BCUT2D eigenvalue weighted by Crippen LogP contribution is -2.42. The second-order valence-corrected chi connectivity index (χ2v) is 15.5. The van der Waals surface area contributed by atoms with Crippen LogP contribution >= 0.6 is 0 Å². The fourth-order valence-corrected chi connectivity index (χ4v) is 6.38. The van der Waals surface area contributed by atoms with Crippen LogP contribution in [0, 0.1) is 23.7 Å². The van der Waals surface area contributed by atoms with Crippen molar-refractivity contribution in [3.05, 3.63) is 29.8 Å². The standard InChI is InChI=1S/C10H16O4S.C7H8O3S.C2H4O5S.CHF3O3S/c1-9(2)7-3-4-10(9,8(11)5-7)6-15(12,13)14;1-6-2-4-7(5-3-6)11(8,9)10;3-2(4)1-8(5,6)7;2-1(3,4)8(5,6)7/h7H,3-6H2,1-2H3,(H,12,13,14);2-5H,1H3,(H,8,9,10);1H2,(H,3,4)(H,5,6,7);(H,5,6,7). The summed E-state index contributed by atoms with van der Waals surface area (Å²) >= 11 is 0. The number of halogens is 3. The van der Waals surface area contributed by atoms with E-state index in [-0.39, 0.29) is 22.0 Å². The average molecular weight is 695 g/mol. The molecule has 42 heavy (non-hydrogen) atoms. The molecule has 0 radical (unpaired) electrons. The molecule has 0 spiro atoms. The Kier molecular flexibility index (Phi) is 12.9. The van der Waals surface area contributed by atoms with Gasteiger partial charge in [0.05, 0.1) is 16.1 Å². The van der Waals surface area contributed by atoms with Gasteiger partial charge in [-0.05, 0) is 43.2 Å². The number of aliphatic carboxylic acids is 1. The molecule has 0 heterocycles. The number of carbonyl (C=O) groups excluding carboxylic acids is 1. The molecule has 2 atom stereocenters. The van der Waals surface area contributed by atoms with Gasteiger partial charge in [-0.15, -0.1) is 0 Å². The molecule has 0 aliphatic heterocycles. The zero-order valence-electron chi connectivity index (χ0n) is 22.0. The summed E-state index contributed by atoms with van der Waals surface area (Å²) in [5.74, 6) is -2.89. The summed E-state index contributed by atoms with van der Waals surface area (Å²) in [6.07, 6.45) is 1.97. The second kappa shape index (κ2) is 13.6. The highest BCUT2D eigenvalue weighted by molar-refractivity contribution is 7.87. The van der Waals surface area contributed by atoms with Crippen LogP contribution in [-0.4, -0.2) is 85.8 Å². The van der Waals surface area contributed by atoms with E-state index in [1.165, 1.54) is 12.1 Å². The summed E-state index contributed by atoms with van der Waals surface area (Å²) in [7, 11) is -18.3. The van der Waals surface area contributed by atoms with E-state index >= 15 is 0 Å². The number of hydrogen-bond acceptors (Lipinski definition) is 10. The molecule has 0 saturated heterocycles. The van der Waals surface area contributed by atoms with Crippen molar-refractivity contribution >= 4 is 52.2 Å². The maximum atomic E-state index is 11.9. The molecule has 1 aromatic carbocycles. The van der Waals surface area contributed by atoms with E-state index in [1.807, 2.05) is 20.8 Å². The van der Waals surface area contributed by atoms with Crippen molar-refractivity contribution in [2.45, 2.75) is 50.4 Å². The van der Waals surface area contributed by atoms with Crippen LogP contribution in [-0.2, 0) is 50.1 Å². The molecule has 3 rings (SSSR count). The van der Waals surface area contributed by atoms with Gasteiger partial charge >= 0.3 is 21.6 Å². The fraction of sp³-hybridized carbons (Fsp3) is 0.600. The van der Waals surface area contributed by atoms with Crippen LogP contribution in [0.15, 0.2) is 29.2 Å². The molecular formula is C20H29F3O15S4. The Balaban J connectivity index is 0.000000557. The number of carboxylic acids is 1. The molecular weight excluding hydrogens is 665 g/mol. The van der Waals surface area contributed by atoms with Crippen molar-refractivity contribution in [3.8, 4) is 0 Å². The molecule has 2 unspecified atom stereocenters. The number of carbonyl (C=O) groups is 2. The lowest BCUT2D eigenvalue weighted by Gasteiger charge is -2.35. The number of alkyl halides is 3. The SMILES string of the molecule is CC1(C)C2CCC1(CS(=O)(=O)O)C(=O)C2.Cc1ccc(S(=O)(=O)O)cc1.O=C(O)CS(=O)(=O)O.O=S(=O)(O)C(F)(F)F. The number of ketones is 1. The third-order valence-corrected chi connectivity index (χ3v) is 9.41. The molecule has 15 nitrogen and oxygen atoms in total. The van der Waals surface area contributed by atoms with Crippen LogP contribution in [0.4, 0.5) is 13.2 Å². The first-order chi connectivity index (χ1) is 18.4. The van der Waals surface area contributed by atoms with Crippen LogP contribution in [0.3, 0.4) is 0 Å². The van der Waals surface area contributed by atoms with Gasteiger partial charge in [0.15, 0.2) is 5.75 Å². The van der Waals surface area contributed by atoms with Crippen molar-refractivity contribution in [1.29, 1.82) is 0 Å². The van der Waals surface area contributed by atoms with Crippen molar-refractivity contribution < 1.29 is 79.7 Å². The molecule has 1 aromatic rings. The van der Waals surface area contributed by atoms with E-state index in [2.05, 4.69) is 0 Å².